The van der Waals surface area contributed by atoms with Gasteiger partial charge in [0.15, 0.2) is 0 Å². The normalized spacial score (nSPS) is 25.0. The van der Waals surface area contributed by atoms with Gasteiger partial charge in [0.1, 0.15) is 0 Å². The van der Waals surface area contributed by atoms with Crippen LogP contribution < -0.4 is 5.32 Å². The van der Waals surface area contributed by atoms with Crippen molar-refractivity contribution in [3.05, 3.63) is 35.4 Å². The van der Waals surface area contributed by atoms with Crippen LogP contribution in [0.4, 0.5) is 13.2 Å². The van der Waals surface area contributed by atoms with Gasteiger partial charge in [-0.05, 0) is 37.4 Å². The minimum absolute atomic E-state index is 0.000918. The summed E-state index contributed by atoms with van der Waals surface area (Å²) in [5, 5.41) is 12.5. The van der Waals surface area contributed by atoms with Crippen molar-refractivity contribution in [1.29, 1.82) is 0 Å². The maximum Gasteiger partial charge on any atom is 0.416 e. The summed E-state index contributed by atoms with van der Waals surface area (Å²) in [5.74, 6) is 0.0264. The summed E-state index contributed by atoms with van der Waals surface area (Å²) in [6.07, 6.45) is -1.93. The molecule has 0 spiro atoms. The summed E-state index contributed by atoms with van der Waals surface area (Å²) in [6, 6.07) is 5.38. The molecule has 1 saturated carbocycles. The van der Waals surface area contributed by atoms with E-state index in [0.717, 1.165) is 18.9 Å². The van der Waals surface area contributed by atoms with Gasteiger partial charge in [0.2, 0.25) is 5.91 Å². The Bertz CT molecular complexity index is 617. The first kappa shape index (κ1) is 18.2. The van der Waals surface area contributed by atoms with Crippen LogP contribution in [0.2, 0.25) is 0 Å². The van der Waals surface area contributed by atoms with E-state index in [2.05, 4.69) is 5.32 Å². The minimum Gasteiger partial charge on any atom is -0.396 e. The number of alkyl halides is 3. The SMILES string of the molecule is O=C(N[C@@H]1CN(Cc2ccccc2C(F)(F)F)CC[C@@H]1CO)C1CC1. The number of hydrogen-bond donors (Lipinski definition) is 2. The van der Waals surface area contributed by atoms with Crippen molar-refractivity contribution in [2.24, 2.45) is 11.8 Å². The molecule has 3 rings (SSSR count). The van der Waals surface area contributed by atoms with Crippen LogP contribution in [0.3, 0.4) is 0 Å². The third kappa shape index (κ3) is 4.52. The molecule has 0 aromatic heterocycles. The highest BCUT2D eigenvalue weighted by atomic mass is 19.4. The maximum absolute atomic E-state index is 13.2. The first-order valence-electron chi connectivity index (χ1n) is 8.67. The molecule has 0 unspecified atom stereocenters. The highest BCUT2D eigenvalue weighted by Crippen LogP contribution is 2.33. The Morgan fingerprint density at radius 1 is 1.24 bits per heavy atom. The average molecular weight is 356 g/mol. The van der Waals surface area contributed by atoms with Crippen LogP contribution in [0.15, 0.2) is 24.3 Å². The van der Waals surface area contributed by atoms with Crippen LogP contribution in [0.25, 0.3) is 0 Å². The van der Waals surface area contributed by atoms with E-state index in [-0.39, 0.29) is 42.5 Å². The quantitative estimate of drug-likeness (QED) is 0.852. The van der Waals surface area contributed by atoms with E-state index in [1.54, 1.807) is 6.07 Å². The lowest BCUT2D eigenvalue weighted by Gasteiger charge is -2.38. The van der Waals surface area contributed by atoms with Gasteiger partial charge in [-0.1, -0.05) is 18.2 Å². The zero-order chi connectivity index (χ0) is 18.0. The number of nitrogens with one attached hydrogen (secondary N) is 1. The molecule has 2 N–H and O–H groups in total. The Balaban J connectivity index is 1.68. The third-order valence-corrected chi connectivity index (χ3v) is 5.07. The monoisotopic (exact) mass is 356 g/mol. The van der Waals surface area contributed by atoms with Crippen LogP contribution in [0.1, 0.15) is 30.4 Å². The van der Waals surface area contributed by atoms with E-state index in [9.17, 15) is 23.1 Å². The molecule has 138 valence electrons. The van der Waals surface area contributed by atoms with Crippen molar-refractivity contribution >= 4 is 5.91 Å². The summed E-state index contributed by atoms with van der Waals surface area (Å²) in [5.41, 5.74) is -0.373. The Labute approximate surface area is 145 Å². The van der Waals surface area contributed by atoms with Crippen LogP contribution in [-0.2, 0) is 17.5 Å². The predicted molar refractivity (Wildman–Crippen MR) is 86.6 cm³/mol. The van der Waals surface area contributed by atoms with Gasteiger partial charge >= 0.3 is 6.18 Å². The maximum atomic E-state index is 13.2. The number of aliphatic hydroxyl groups excluding tert-OH is 1. The molecule has 25 heavy (non-hydrogen) atoms. The Morgan fingerprint density at radius 3 is 2.60 bits per heavy atom. The lowest BCUT2D eigenvalue weighted by molar-refractivity contribution is -0.138. The first-order chi connectivity index (χ1) is 11.9. The van der Waals surface area contributed by atoms with Crippen molar-refractivity contribution in [1.82, 2.24) is 10.2 Å². The van der Waals surface area contributed by atoms with Gasteiger partial charge in [0.25, 0.3) is 0 Å². The molecule has 1 aliphatic heterocycles. The number of aliphatic hydroxyl groups is 1. The van der Waals surface area contributed by atoms with E-state index >= 15 is 0 Å². The molecule has 4 nitrogen and oxygen atoms in total. The van der Waals surface area contributed by atoms with Crippen molar-refractivity contribution in [2.75, 3.05) is 19.7 Å². The number of amides is 1. The number of carbonyl (C=O) groups excluding carboxylic acids is 1. The average Bonchev–Trinajstić information content (AvgIpc) is 3.39. The fraction of sp³-hybridized carbons (Fsp3) is 0.611. The third-order valence-electron chi connectivity index (χ3n) is 5.07. The largest absolute Gasteiger partial charge is 0.416 e. The van der Waals surface area contributed by atoms with Crippen LogP contribution >= 0.6 is 0 Å². The van der Waals surface area contributed by atoms with Gasteiger partial charge in [0, 0.05) is 37.6 Å². The highest BCUT2D eigenvalue weighted by Gasteiger charge is 2.37. The Morgan fingerprint density at radius 2 is 1.96 bits per heavy atom. The van der Waals surface area contributed by atoms with Crippen LogP contribution in [0, 0.1) is 11.8 Å². The van der Waals surface area contributed by atoms with Gasteiger partial charge in [-0.3, -0.25) is 9.69 Å². The number of carbonyl (C=O) groups is 1. The molecular formula is C18H23F3N2O2. The zero-order valence-corrected chi connectivity index (χ0v) is 13.9. The van der Waals surface area contributed by atoms with Crippen molar-refractivity contribution < 1.29 is 23.1 Å². The van der Waals surface area contributed by atoms with E-state index in [1.807, 2.05) is 4.90 Å². The number of hydrogen-bond acceptors (Lipinski definition) is 3. The number of nitrogens with zero attached hydrogens (tertiary/aromatic N) is 1. The zero-order valence-electron chi connectivity index (χ0n) is 13.9. The van der Waals surface area contributed by atoms with E-state index in [1.165, 1.54) is 12.1 Å². The second-order valence-electron chi connectivity index (χ2n) is 7.01. The van der Waals surface area contributed by atoms with E-state index in [0.29, 0.717) is 19.5 Å². The summed E-state index contributed by atoms with van der Waals surface area (Å²) in [4.78, 5) is 14.0. The van der Waals surface area contributed by atoms with Crippen molar-refractivity contribution in [3.8, 4) is 0 Å². The smallest absolute Gasteiger partial charge is 0.396 e. The lowest BCUT2D eigenvalue weighted by Crippen LogP contribution is -2.53. The lowest BCUT2D eigenvalue weighted by atomic mass is 9.91. The molecule has 1 saturated heterocycles. The van der Waals surface area contributed by atoms with Gasteiger partial charge in [-0.25, -0.2) is 0 Å². The number of benzene rings is 1. The molecule has 0 radical (unpaired) electrons. The van der Waals surface area contributed by atoms with Crippen LogP contribution in [-0.4, -0.2) is 41.7 Å². The summed E-state index contributed by atoms with van der Waals surface area (Å²) in [6.45, 7) is 1.22. The molecule has 1 amide bonds. The van der Waals surface area contributed by atoms with Gasteiger partial charge in [-0.2, -0.15) is 13.2 Å². The number of halogens is 3. The minimum atomic E-state index is -4.38. The molecule has 1 aromatic carbocycles. The Kier molecular flexibility index (Phi) is 5.34. The molecule has 1 aliphatic carbocycles. The number of likely N-dealkylation sites (tertiary alicyclic amines) is 1. The second kappa shape index (κ2) is 7.33. The molecular weight excluding hydrogens is 333 g/mol. The standard InChI is InChI=1S/C18H23F3N2O2/c19-18(20,21)15-4-2-1-3-13(15)9-23-8-7-14(11-24)16(10-23)22-17(25)12-5-6-12/h1-4,12,14,16,24H,5-11H2,(H,22,25)/t14-,16-/m1/s1. The van der Waals surface area contributed by atoms with Crippen molar-refractivity contribution in [3.63, 3.8) is 0 Å². The van der Waals surface area contributed by atoms with Crippen LogP contribution in [0.5, 0.6) is 0 Å². The number of piperidine rings is 1. The topological polar surface area (TPSA) is 52.6 Å². The van der Waals surface area contributed by atoms with Gasteiger partial charge < -0.3 is 10.4 Å². The van der Waals surface area contributed by atoms with E-state index in [4.69, 9.17) is 0 Å². The van der Waals surface area contributed by atoms with E-state index < -0.39 is 11.7 Å². The second-order valence-corrected chi connectivity index (χ2v) is 7.01. The Hall–Kier alpha value is -1.60. The molecule has 1 heterocycles. The predicted octanol–water partition coefficient (Wildman–Crippen LogP) is 2.41. The number of rotatable bonds is 5. The summed E-state index contributed by atoms with van der Waals surface area (Å²) >= 11 is 0. The molecule has 2 fully saturated rings. The molecule has 0 bridgehead atoms. The fourth-order valence-corrected chi connectivity index (χ4v) is 3.42. The molecule has 7 heteroatoms. The molecule has 2 atom stereocenters. The summed E-state index contributed by atoms with van der Waals surface area (Å²) < 4.78 is 39.5. The van der Waals surface area contributed by atoms with Gasteiger partial charge in [0.05, 0.1) is 5.56 Å². The first-order valence-corrected chi connectivity index (χ1v) is 8.67. The molecule has 2 aliphatic rings. The van der Waals surface area contributed by atoms with Crippen molar-refractivity contribution in [2.45, 2.75) is 38.0 Å². The summed E-state index contributed by atoms with van der Waals surface area (Å²) in [7, 11) is 0. The fourth-order valence-electron chi connectivity index (χ4n) is 3.42. The highest BCUT2D eigenvalue weighted by molar-refractivity contribution is 5.81. The van der Waals surface area contributed by atoms with Gasteiger partial charge in [-0.15, -0.1) is 0 Å². The molecule has 1 aromatic rings.